The molecule has 0 aliphatic carbocycles. The van der Waals surface area contributed by atoms with Crippen molar-refractivity contribution in [1.82, 2.24) is 14.6 Å². The van der Waals surface area contributed by atoms with E-state index in [0.29, 0.717) is 0 Å². The molecule has 6 unspecified atom stereocenters. The quantitative estimate of drug-likeness (QED) is 0.195. The molecule has 0 saturated carbocycles. The van der Waals surface area contributed by atoms with Crippen molar-refractivity contribution in [2.24, 2.45) is 0 Å². The molecule has 1 fully saturated rings. The fourth-order valence-corrected chi connectivity index (χ4v) is 4.80. The van der Waals surface area contributed by atoms with E-state index in [1.165, 1.54) is 19.1 Å². The van der Waals surface area contributed by atoms with E-state index >= 15 is 0 Å². The van der Waals surface area contributed by atoms with Crippen molar-refractivity contribution in [2.75, 3.05) is 13.7 Å². The van der Waals surface area contributed by atoms with Gasteiger partial charge in [0.1, 0.15) is 24.0 Å². The van der Waals surface area contributed by atoms with Crippen LogP contribution >= 0.6 is 7.75 Å². The number of aromatic nitrogens is 2. The van der Waals surface area contributed by atoms with Crippen LogP contribution in [-0.4, -0.2) is 63.3 Å². The Labute approximate surface area is 199 Å². The van der Waals surface area contributed by atoms with Crippen molar-refractivity contribution in [3.63, 3.8) is 0 Å². The van der Waals surface area contributed by atoms with Crippen LogP contribution in [0.15, 0.2) is 52.2 Å². The Hall–Kier alpha value is -3.24. The highest BCUT2D eigenvalue weighted by Gasteiger charge is 2.56. The summed E-state index contributed by atoms with van der Waals surface area (Å²) in [4.78, 5) is 37.4. The van der Waals surface area contributed by atoms with Crippen LogP contribution in [0.25, 0.3) is 0 Å². The first kappa shape index (κ1) is 26.4. The summed E-state index contributed by atoms with van der Waals surface area (Å²) >= 11 is 0. The van der Waals surface area contributed by atoms with Crippen LogP contribution in [0.2, 0.25) is 0 Å². The molecule has 2 heterocycles. The van der Waals surface area contributed by atoms with Gasteiger partial charge in [0.25, 0.3) is 5.56 Å². The van der Waals surface area contributed by atoms with Gasteiger partial charge in [0.15, 0.2) is 11.8 Å². The van der Waals surface area contributed by atoms with Gasteiger partial charge in [-0.15, -0.1) is 6.42 Å². The molecule has 13 nitrogen and oxygen atoms in total. The monoisotopic (exact) mass is 509 g/mol. The average molecular weight is 509 g/mol. The molecular formula is C21H24N3O10P. The first-order chi connectivity index (χ1) is 16.5. The van der Waals surface area contributed by atoms with Crippen molar-refractivity contribution in [3.8, 4) is 18.1 Å². The van der Waals surface area contributed by atoms with Gasteiger partial charge < -0.3 is 24.2 Å². The summed E-state index contributed by atoms with van der Waals surface area (Å²) in [5, 5.41) is 24.0. The Morgan fingerprint density at radius 1 is 1.37 bits per heavy atom. The van der Waals surface area contributed by atoms with Crippen LogP contribution in [0.4, 0.5) is 0 Å². The van der Waals surface area contributed by atoms with Crippen LogP contribution in [0, 0.1) is 12.3 Å². The molecule has 0 bridgehead atoms. The number of ether oxygens (including phenoxy) is 2. The van der Waals surface area contributed by atoms with Gasteiger partial charge in [0, 0.05) is 12.3 Å². The highest BCUT2D eigenvalue weighted by Crippen LogP contribution is 2.46. The zero-order valence-electron chi connectivity index (χ0n) is 18.7. The van der Waals surface area contributed by atoms with E-state index in [-0.39, 0.29) is 5.75 Å². The van der Waals surface area contributed by atoms with E-state index in [1.807, 2.05) is 10.9 Å². The highest BCUT2D eigenvalue weighted by molar-refractivity contribution is 7.52. The van der Waals surface area contributed by atoms with Crippen molar-refractivity contribution in [1.29, 1.82) is 0 Å². The summed E-state index contributed by atoms with van der Waals surface area (Å²) in [6.07, 6.45) is 1.63. The van der Waals surface area contributed by atoms with Crippen molar-refractivity contribution < 1.29 is 38.1 Å². The molecule has 4 N–H and O–H groups in total. The molecule has 2 aromatic rings. The molecular weight excluding hydrogens is 485 g/mol. The standard InChI is InChI=1S/C21H24N3O10P/c1-4-21(29)17(26)15(33-19(21)24-11-10-16(25)22-20(24)28)12-32-35(30,23-13(2)18(27)31-3)34-14-8-6-5-7-9-14/h1,5-11,13,15,17,19,26,29H,12H2,2-3H3,(H,23,30)(H,22,25,28). The third-order valence-electron chi connectivity index (χ3n) is 5.10. The zero-order valence-corrected chi connectivity index (χ0v) is 19.6. The SMILES string of the molecule is C#CC1(O)C(O)C(COP(=O)(NC(C)C(=O)OC)Oc2ccccc2)OC1n1ccc(=O)[nH]c1=O. The summed E-state index contributed by atoms with van der Waals surface area (Å²) in [6.45, 7) is 0.720. The molecule has 188 valence electrons. The Kier molecular flexibility index (Phi) is 7.97. The molecule has 35 heavy (non-hydrogen) atoms. The number of hydrogen-bond donors (Lipinski definition) is 4. The summed E-state index contributed by atoms with van der Waals surface area (Å²) in [7, 11) is -3.15. The van der Waals surface area contributed by atoms with Crippen LogP contribution in [0.1, 0.15) is 13.2 Å². The number of H-pyrrole nitrogens is 1. The van der Waals surface area contributed by atoms with Crippen LogP contribution < -0.4 is 20.9 Å². The van der Waals surface area contributed by atoms with E-state index in [2.05, 4.69) is 9.82 Å². The van der Waals surface area contributed by atoms with E-state index in [0.717, 1.165) is 23.9 Å². The molecule has 1 aromatic carbocycles. The number of aliphatic hydroxyl groups is 2. The van der Waals surface area contributed by atoms with Gasteiger partial charge in [-0.2, -0.15) is 5.09 Å². The van der Waals surface area contributed by atoms with E-state index in [9.17, 15) is 29.2 Å². The van der Waals surface area contributed by atoms with Gasteiger partial charge in [-0.25, -0.2) is 9.36 Å². The lowest BCUT2D eigenvalue weighted by Crippen LogP contribution is -2.48. The van der Waals surface area contributed by atoms with Crippen LogP contribution in [-0.2, 0) is 23.4 Å². The Morgan fingerprint density at radius 3 is 2.66 bits per heavy atom. The topological polar surface area (TPSA) is 178 Å². The lowest BCUT2D eigenvalue weighted by atomic mass is 9.95. The van der Waals surface area contributed by atoms with Gasteiger partial charge in [-0.05, 0) is 19.1 Å². The van der Waals surface area contributed by atoms with Crippen molar-refractivity contribution >= 4 is 13.7 Å². The molecule has 1 aliphatic heterocycles. The average Bonchev–Trinajstić information content (AvgIpc) is 3.08. The normalized spacial score (nSPS) is 26.3. The van der Waals surface area contributed by atoms with Crippen LogP contribution in [0.5, 0.6) is 5.75 Å². The van der Waals surface area contributed by atoms with E-state index in [1.54, 1.807) is 18.2 Å². The molecule has 0 radical (unpaired) electrons. The molecule has 1 aromatic heterocycles. The number of carbonyl (C=O) groups is 1. The summed E-state index contributed by atoms with van der Waals surface area (Å²) in [5.74, 6) is 1.39. The number of esters is 1. The number of carbonyl (C=O) groups excluding carboxylic acids is 1. The molecule has 0 spiro atoms. The number of aromatic amines is 1. The minimum atomic E-state index is -4.29. The fourth-order valence-electron chi connectivity index (χ4n) is 3.30. The summed E-state index contributed by atoms with van der Waals surface area (Å²) < 4.78 is 35.3. The fraction of sp³-hybridized carbons (Fsp3) is 0.381. The predicted molar refractivity (Wildman–Crippen MR) is 120 cm³/mol. The number of nitrogens with one attached hydrogen (secondary N) is 2. The first-order valence-corrected chi connectivity index (χ1v) is 11.8. The number of para-hydroxylation sites is 1. The number of terminal acetylenes is 1. The molecule has 3 rings (SSSR count). The molecule has 1 aliphatic rings. The summed E-state index contributed by atoms with van der Waals surface area (Å²) in [5.41, 5.74) is -4.05. The molecule has 0 amide bonds. The van der Waals surface area contributed by atoms with Gasteiger partial charge in [-0.3, -0.25) is 23.7 Å². The number of aliphatic hydroxyl groups excluding tert-OH is 1. The second-order valence-corrected chi connectivity index (χ2v) is 9.22. The van der Waals surface area contributed by atoms with Gasteiger partial charge in [-0.1, -0.05) is 24.1 Å². The number of methoxy groups -OCH3 is 1. The third kappa shape index (κ3) is 5.71. The molecule has 14 heteroatoms. The van der Waals surface area contributed by atoms with Crippen molar-refractivity contribution in [3.05, 3.63) is 63.4 Å². The zero-order chi connectivity index (χ0) is 25.8. The second kappa shape index (κ2) is 10.6. The highest BCUT2D eigenvalue weighted by atomic mass is 31.2. The molecule has 6 atom stereocenters. The number of benzene rings is 1. The maximum absolute atomic E-state index is 13.5. The van der Waals surface area contributed by atoms with E-state index in [4.69, 9.17) is 20.2 Å². The third-order valence-corrected chi connectivity index (χ3v) is 6.75. The Balaban J connectivity index is 1.85. The number of hydrogen-bond acceptors (Lipinski definition) is 10. The minimum absolute atomic E-state index is 0.145. The largest absolute Gasteiger partial charge is 0.468 e. The van der Waals surface area contributed by atoms with Crippen molar-refractivity contribution in [2.45, 2.75) is 37.0 Å². The number of rotatable bonds is 9. The smallest absolute Gasteiger partial charge is 0.459 e. The Morgan fingerprint density at radius 2 is 2.06 bits per heavy atom. The van der Waals surface area contributed by atoms with Gasteiger partial charge in [0.2, 0.25) is 0 Å². The Bertz CT molecular complexity index is 1260. The second-order valence-electron chi connectivity index (χ2n) is 7.53. The predicted octanol–water partition coefficient (Wildman–Crippen LogP) is -0.486. The molecule has 1 saturated heterocycles. The lowest BCUT2D eigenvalue weighted by Gasteiger charge is -2.26. The lowest BCUT2D eigenvalue weighted by molar-refractivity contribution is -0.142. The number of nitrogens with zero attached hydrogens (tertiary/aromatic N) is 1. The van der Waals surface area contributed by atoms with Crippen LogP contribution in [0.3, 0.4) is 0 Å². The van der Waals surface area contributed by atoms with Gasteiger partial charge >= 0.3 is 19.4 Å². The first-order valence-electron chi connectivity index (χ1n) is 10.2. The minimum Gasteiger partial charge on any atom is -0.468 e. The summed E-state index contributed by atoms with van der Waals surface area (Å²) in [6, 6.07) is 7.82. The maximum atomic E-state index is 13.5. The maximum Gasteiger partial charge on any atom is 0.459 e. The van der Waals surface area contributed by atoms with E-state index < -0.39 is 61.7 Å². The van der Waals surface area contributed by atoms with Gasteiger partial charge in [0.05, 0.1) is 13.7 Å².